The van der Waals surface area contributed by atoms with Crippen LogP contribution in [0, 0.1) is 28.1 Å². The fourth-order valence-electron chi connectivity index (χ4n) is 7.74. The lowest BCUT2D eigenvalue weighted by Crippen LogP contribution is -2.69. The van der Waals surface area contributed by atoms with E-state index < -0.39 is 75.7 Å². The van der Waals surface area contributed by atoms with Crippen LogP contribution < -0.4 is 21.3 Å². The van der Waals surface area contributed by atoms with Gasteiger partial charge in [-0.3, -0.25) is 33.8 Å². The molecule has 5 amide bonds. The fourth-order valence-corrected chi connectivity index (χ4v) is 7.74. The minimum absolute atomic E-state index is 0.0137. The lowest BCUT2D eigenvalue weighted by molar-refractivity contribution is -0.153. The fraction of sp³-hybridized carbons (Fsp3) is 0.697. The highest BCUT2D eigenvalue weighted by Gasteiger charge is 2.67. The Balaban J connectivity index is 1.38. The first-order valence-electron chi connectivity index (χ1n) is 16.3. The summed E-state index contributed by atoms with van der Waals surface area (Å²) < 4.78 is 0. The number of ketones is 1. The quantitative estimate of drug-likeness (QED) is 0.291. The van der Waals surface area contributed by atoms with Crippen molar-refractivity contribution >= 4 is 35.3 Å². The predicted molar refractivity (Wildman–Crippen MR) is 167 cm³/mol. The van der Waals surface area contributed by atoms with Crippen molar-refractivity contribution in [2.24, 2.45) is 28.1 Å². The topological polar surface area (TPSA) is 180 Å². The van der Waals surface area contributed by atoms with E-state index in [0.717, 1.165) is 19.3 Å². The molecule has 4 fully saturated rings. The molecule has 0 radical (unpaired) electrons. The third kappa shape index (κ3) is 6.12. The molecule has 2 saturated carbocycles. The van der Waals surface area contributed by atoms with Gasteiger partial charge in [0.2, 0.25) is 23.5 Å². The zero-order chi connectivity index (χ0) is 33.8. The Morgan fingerprint density at radius 1 is 1.00 bits per heavy atom. The summed E-state index contributed by atoms with van der Waals surface area (Å²) >= 11 is 0. The predicted octanol–water partition coefficient (Wildman–Crippen LogP) is 1.13. The summed E-state index contributed by atoms with van der Waals surface area (Å²) in [5.41, 5.74) is -2.08. The average molecular weight is 638 g/mol. The van der Waals surface area contributed by atoms with Gasteiger partial charge in [0, 0.05) is 36.3 Å². The summed E-state index contributed by atoms with van der Waals surface area (Å²) in [6, 6.07) is -3.80. The molecule has 0 bridgehead atoms. The molecule has 46 heavy (non-hydrogen) atoms. The molecule has 2 aliphatic heterocycles. The Morgan fingerprint density at radius 3 is 2.24 bits per heavy atom. The van der Waals surface area contributed by atoms with E-state index in [1.807, 2.05) is 48.5 Å². The van der Waals surface area contributed by atoms with Crippen LogP contribution in [0.15, 0.2) is 18.6 Å². The smallest absolute Gasteiger partial charge is 0.289 e. The van der Waals surface area contributed by atoms with Gasteiger partial charge in [-0.1, -0.05) is 48.5 Å². The molecule has 1 aromatic rings. The molecule has 0 aromatic carbocycles. The lowest BCUT2D eigenvalue weighted by Gasteiger charge is -2.48. The normalized spacial score (nSPS) is 28.4. The Labute approximate surface area is 269 Å². The molecule has 13 heteroatoms. The van der Waals surface area contributed by atoms with Gasteiger partial charge in [-0.2, -0.15) is 0 Å². The summed E-state index contributed by atoms with van der Waals surface area (Å²) in [6.07, 6.45) is 7.77. The van der Waals surface area contributed by atoms with E-state index in [9.17, 15) is 28.8 Å². The van der Waals surface area contributed by atoms with Crippen molar-refractivity contribution in [3.05, 3.63) is 24.3 Å². The average Bonchev–Trinajstić information content (AvgIpc) is 3.60. The number of amides is 5. The van der Waals surface area contributed by atoms with E-state index in [4.69, 9.17) is 0 Å². The van der Waals surface area contributed by atoms with E-state index in [0.29, 0.717) is 19.4 Å². The van der Waals surface area contributed by atoms with E-state index in [2.05, 4.69) is 31.2 Å². The second-order valence-corrected chi connectivity index (χ2v) is 15.6. The van der Waals surface area contributed by atoms with Gasteiger partial charge < -0.3 is 26.2 Å². The number of rotatable bonds is 9. The maximum Gasteiger partial charge on any atom is 0.289 e. The largest absolute Gasteiger partial charge is 0.347 e. The van der Waals surface area contributed by atoms with Crippen molar-refractivity contribution in [3.8, 4) is 0 Å². The van der Waals surface area contributed by atoms with Crippen LogP contribution in [-0.2, 0) is 24.0 Å². The monoisotopic (exact) mass is 637 g/mol. The molecule has 13 nitrogen and oxygen atoms in total. The molecule has 4 N–H and O–H groups in total. The number of Topliss-reactive ketones (excluding diaryl/α,β-unsaturated/α-hetero) is 1. The number of aromatic nitrogens is 2. The maximum absolute atomic E-state index is 14.5. The molecule has 0 spiro atoms. The van der Waals surface area contributed by atoms with Crippen LogP contribution in [0.1, 0.15) is 91.1 Å². The Hall–Kier alpha value is -3.90. The van der Waals surface area contributed by atoms with Crippen molar-refractivity contribution in [1.82, 2.24) is 36.1 Å². The number of carbonyl (C=O) groups is 6. The third-order valence-corrected chi connectivity index (χ3v) is 10.3. The zero-order valence-electron chi connectivity index (χ0n) is 27.8. The van der Waals surface area contributed by atoms with Crippen molar-refractivity contribution in [1.29, 1.82) is 0 Å². The molecule has 1 unspecified atom stereocenters. The number of carbonyl (C=O) groups excluding carboxylic acids is 6. The van der Waals surface area contributed by atoms with Crippen LogP contribution in [0.25, 0.3) is 0 Å². The number of nitrogens with zero attached hydrogens (tertiary/aromatic N) is 3. The highest BCUT2D eigenvalue weighted by molar-refractivity contribution is 6.39. The van der Waals surface area contributed by atoms with E-state index >= 15 is 0 Å². The van der Waals surface area contributed by atoms with Crippen LogP contribution >= 0.6 is 0 Å². The van der Waals surface area contributed by atoms with Gasteiger partial charge in [0.1, 0.15) is 29.9 Å². The molecule has 2 saturated heterocycles. The minimum Gasteiger partial charge on any atom is -0.347 e. The third-order valence-electron chi connectivity index (χ3n) is 10.3. The Morgan fingerprint density at radius 2 is 1.67 bits per heavy atom. The summed E-state index contributed by atoms with van der Waals surface area (Å²) in [5.74, 6) is -3.56. The van der Waals surface area contributed by atoms with Crippen molar-refractivity contribution in [2.75, 3.05) is 6.54 Å². The van der Waals surface area contributed by atoms with Gasteiger partial charge in [-0.05, 0) is 48.9 Å². The SMILES string of the molecule is CCC12CC[C@H]3CN(C(=O)[C@@H](NC(=O)[C@@H](NC(=O)c4cnccn4)C(C)(C)C)C(C)(C)C)[C@H](C(=O)N[C@@H]1C(=O)C(=O)NC1CC1)[C@H]32. The first-order chi connectivity index (χ1) is 21.5. The molecule has 3 heterocycles. The van der Waals surface area contributed by atoms with Gasteiger partial charge in [-0.15, -0.1) is 0 Å². The van der Waals surface area contributed by atoms with Crippen molar-refractivity contribution in [3.63, 3.8) is 0 Å². The standard InChI is InChI=1S/C33H47N7O6/c1-8-33-12-11-17-16-40(21(20(17)33)27(43)37-23(33)22(41)28(44)36-18-9-10-18)30(46)25(32(5,6)7)39-29(45)24(31(2,3)4)38-26(42)19-15-34-13-14-35-19/h13-15,17-18,20-21,23-25H,8-12,16H2,1-7H3,(H,36,44)(H,37,43)(H,38,42)(H,39,45)/t17-,20-,21-,23+,24+,25+,33?/m0/s1. The van der Waals surface area contributed by atoms with Crippen LogP contribution in [0.4, 0.5) is 0 Å². The van der Waals surface area contributed by atoms with Gasteiger partial charge in [-0.25, -0.2) is 4.98 Å². The number of likely N-dealkylation sites (tertiary alicyclic amines) is 1. The highest BCUT2D eigenvalue weighted by atomic mass is 16.2. The van der Waals surface area contributed by atoms with Gasteiger partial charge >= 0.3 is 0 Å². The maximum atomic E-state index is 14.5. The van der Waals surface area contributed by atoms with Gasteiger partial charge in [0.05, 0.1) is 6.20 Å². The Bertz CT molecular complexity index is 1420. The van der Waals surface area contributed by atoms with Crippen molar-refractivity contribution < 1.29 is 28.8 Å². The van der Waals surface area contributed by atoms with Gasteiger partial charge in [0.25, 0.3) is 11.8 Å². The molecule has 1 aromatic heterocycles. The van der Waals surface area contributed by atoms with E-state index in [-0.39, 0.29) is 23.6 Å². The molecular formula is C33H47N7O6. The number of nitrogens with one attached hydrogen (secondary N) is 4. The Kier molecular flexibility index (Phi) is 8.76. The minimum atomic E-state index is -1.02. The van der Waals surface area contributed by atoms with Crippen LogP contribution in [-0.4, -0.2) is 86.9 Å². The molecule has 5 rings (SSSR count). The molecule has 7 atom stereocenters. The summed E-state index contributed by atoms with van der Waals surface area (Å²) in [7, 11) is 0. The molecular weight excluding hydrogens is 590 g/mol. The highest BCUT2D eigenvalue weighted by Crippen LogP contribution is 2.59. The van der Waals surface area contributed by atoms with Crippen LogP contribution in [0.5, 0.6) is 0 Å². The number of hydrogen-bond donors (Lipinski definition) is 4. The molecule has 250 valence electrons. The summed E-state index contributed by atoms with van der Waals surface area (Å²) in [4.78, 5) is 90.9. The van der Waals surface area contributed by atoms with E-state index in [1.54, 1.807) is 4.90 Å². The van der Waals surface area contributed by atoms with Crippen LogP contribution in [0.3, 0.4) is 0 Å². The second-order valence-electron chi connectivity index (χ2n) is 15.6. The molecule has 4 aliphatic rings. The van der Waals surface area contributed by atoms with Crippen molar-refractivity contribution in [2.45, 2.75) is 111 Å². The second kappa shape index (κ2) is 12.0. The zero-order valence-corrected chi connectivity index (χ0v) is 27.8. The molecule has 2 aliphatic carbocycles. The lowest BCUT2D eigenvalue weighted by atomic mass is 9.63. The van der Waals surface area contributed by atoms with E-state index in [1.165, 1.54) is 18.6 Å². The van der Waals surface area contributed by atoms with Gasteiger partial charge in [0.15, 0.2) is 0 Å². The summed E-state index contributed by atoms with van der Waals surface area (Å²) in [6.45, 7) is 13.2. The first kappa shape index (κ1) is 33.5. The summed E-state index contributed by atoms with van der Waals surface area (Å²) in [5, 5.41) is 11.3. The van der Waals surface area contributed by atoms with Crippen LogP contribution in [0.2, 0.25) is 0 Å². The number of hydrogen-bond acceptors (Lipinski definition) is 8. The number of piperidine rings is 1. The first-order valence-corrected chi connectivity index (χ1v) is 16.3.